The van der Waals surface area contributed by atoms with Gasteiger partial charge in [-0.3, -0.25) is 9.59 Å². The molecule has 0 spiro atoms. The van der Waals surface area contributed by atoms with Crippen LogP contribution in [-0.2, 0) is 61.7 Å². The SMILES string of the molecule is CCOC(=O)CCOCCOCCOCCOCCOCCOCCOCCOCCOCCOCCOc1ccc(NC(C)=O)cc1. The summed E-state index contributed by atoms with van der Waals surface area (Å²) in [5, 5.41) is 2.71. The molecule has 0 saturated heterocycles. The summed E-state index contributed by atoms with van der Waals surface area (Å²) in [5.74, 6) is 0.348. The van der Waals surface area contributed by atoms with Crippen LogP contribution in [-0.4, -0.2) is 157 Å². The second-order valence-electron chi connectivity index (χ2n) is 9.73. The van der Waals surface area contributed by atoms with Gasteiger partial charge in [0.25, 0.3) is 0 Å². The molecule has 278 valence electrons. The number of benzene rings is 1. The van der Waals surface area contributed by atoms with E-state index >= 15 is 0 Å². The third-order valence-corrected chi connectivity index (χ3v) is 5.78. The molecule has 0 aliphatic heterocycles. The van der Waals surface area contributed by atoms with Gasteiger partial charge in [0.05, 0.1) is 145 Å². The molecule has 0 fully saturated rings. The Kier molecular flexibility index (Phi) is 31.3. The molecule has 1 aromatic carbocycles. The van der Waals surface area contributed by atoms with Crippen molar-refractivity contribution in [3.05, 3.63) is 24.3 Å². The lowest BCUT2D eigenvalue weighted by Gasteiger charge is -2.09. The Labute approximate surface area is 285 Å². The second kappa shape index (κ2) is 34.4. The standard InChI is InChI=1S/C33H57NO14/c1-3-47-33(36)8-9-37-10-11-38-12-13-39-14-15-40-16-17-41-18-19-42-20-21-43-22-23-44-24-25-45-26-27-46-28-29-48-32-6-4-31(5-7-32)34-30(2)35/h4-7H,3,8-29H2,1-2H3,(H,34,35). The van der Waals surface area contributed by atoms with Crippen LogP contribution in [0.2, 0.25) is 0 Å². The highest BCUT2D eigenvalue weighted by atomic mass is 16.6. The minimum atomic E-state index is -0.254. The Morgan fingerprint density at radius 1 is 0.479 bits per heavy atom. The maximum absolute atomic E-state index is 11.2. The fourth-order valence-electron chi connectivity index (χ4n) is 3.53. The highest BCUT2D eigenvalue weighted by Gasteiger charge is 2.01. The zero-order chi connectivity index (χ0) is 34.6. The van der Waals surface area contributed by atoms with Gasteiger partial charge in [0.15, 0.2) is 0 Å². The first kappa shape index (κ1) is 43.6. The molecule has 15 heteroatoms. The first-order chi connectivity index (χ1) is 23.6. The van der Waals surface area contributed by atoms with E-state index in [1.54, 1.807) is 31.2 Å². The van der Waals surface area contributed by atoms with E-state index in [0.29, 0.717) is 151 Å². The molecule has 0 aliphatic carbocycles. The lowest BCUT2D eigenvalue weighted by Crippen LogP contribution is -2.15. The van der Waals surface area contributed by atoms with Crippen molar-refractivity contribution in [3.8, 4) is 5.75 Å². The van der Waals surface area contributed by atoms with Crippen molar-refractivity contribution in [2.45, 2.75) is 20.3 Å². The van der Waals surface area contributed by atoms with Gasteiger partial charge in [0.2, 0.25) is 5.91 Å². The van der Waals surface area contributed by atoms with Crippen molar-refractivity contribution < 1.29 is 66.4 Å². The zero-order valence-corrected chi connectivity index (χ0v) is 28.8. The number of ether oxygens (including phenoxy) is 12. The lowest BCUT2D eigenvalue weighted by molar-refractivity contribution is -0.144. The van der Waals surface area contributed by atoms with E-state index in [4.69, 9.17) is 56.8 Å². The van der Waals surface area contributed by atoms with E-state index in [0.717, 1.165) is 5.69 Å². The van der Waals surface area contributed by atoms with Gasteiger partial charge in [0.1, 0.15) is 12.4 Å². The number of carbonyl (C=O) groups excluding carboxylic acids is 2. The van der Waals surface area contributed by atoms with E-state index in [1.807, 2.05) is 0 Å². The van der Waals surface area contributed by atoms with Gasteiger partial charge in [-0.25, -0.2) is 0 Å². The van der Waals surface area contributed by atoms with Crippen LogP contribution in [0.5, 0.6) is 5.75 Å². The summed E-state index contributed by atoms with van der Waals surface area (Å²) in [7, 11) is 0. The quantitative estimate of drug-likeness (QED) is 0.0806. The number of rotatable bonds is 36. The molecule has 15 nitrogen and oxygen atoms in total. The highest BCUT2D eigenvalue weighted by molar-refractivity contribution is 5.88. The average Bonchev–Trinajstić information content (AvgIpc) is 3.07. The fraction of sp³-hybridized carbons (Fsp3) is 0.758. The monoisotopic (exact) mass is 691 g/mol. The normalized spacial score (nSPS) is 11.1. The molecule has 1 amide bonds. The molecule has 0 bridgehead atoms. The van der Waals surface area contributed by atoms with Gasteiger partial charge in [-0.05, 0) is 31.2 Å². The van der Waals surface area contributed by atoms with Crippen LogP contribution in [0.4, 0.5) is 5.69 Å². The van der Waals surface area contributed by atoms with E-state index in [1.165, 1.54) is 6.92 Å². The van der Waals surface area contributed by atoms with Crippen LogP contribution in [0.25, 0.3) is 0 Å². The van der Waals surface area contributed by atoms with Gasteiger partial charge < -0.3 is 62.2 Å². The molecule has 1 aromatic rings. The summed E-state index contributed by atoms with van der Waals surface area (Å²) in [4.78, 5) is 22.2. The molecule has 48 heavy (non-hydrogen) atoms. The van der Waals surface area contributed by atoms with Gasteiger partial charge >= 0.3 is 5.97 Å². The van der Waals surface area contributed by atoms with Gasteiger partial charge in [-0.2, -0.15) is 0 Å². The van der Waals surface area contributed by atoms with Crippen molar-refractivity contribution in [1.82, 2.24) is 0 Å². The van der Waals surface area contributed by atoms with Crippen LogP contribution in [0, 0.1) is 0 Å². The molecule has 0 aliphatic rings. The molecule has 0 radical (unpaired) electrons. The third kappa shape index (κ3) is 30.9. The maximum atomic E-state index is 11.2. The largest absolute Gasteiger partial charge is 0.491 e. The molecule has 0 saturated carbocycles. The van der Waals surface area contributed by atoms with Gasteiger partial charge in [-0.1, -0.05) is 0 Å². The molecule has 0 unspecified atom stereocenters. The highest BCUT2D eigenvalue weighted by Crippen LogP contribution is 2.15. The summed E-state index contributed by atoms with van der Waals surface area (Å²) >= 11 is 0. The molecule has 0 heterocycles. The zero-order valence-electron chi connectivity index (χ0n) is 28.8. The van der Waals surface area contributed by atoms with Gasteiger partial charge in [0, 0.05) is 12.6 Å². The van der Waals surface area contributed by atoms with Crippen molar-refractivity contribution in [1.29, 1.82) is 0 Å². The number of nitrogens with one attached hydrogen (secondary N) is 1. The van der Waals surface area contributed by atoms with Crippen molar-refractivity contribution in [3.63, 3.8) is 0 Å². The second-order valence-corrected chi connectivity index (χ2v) is 9.73. The fourth-order valence-corrected chi connectivity index (χ4v) is 3.53. The summed E-state index contributed by atoms with van der Waals surface area (Å²) in [6, 6.07) is 7.16. The number of anilines is 1. The maximum Gasteiger partial charge on any atom is 0.308 e. The Balaban J connectivity index is 1.66. The van der Waals surface area contributed by atoms with Crippen LogP contribution in [0.3, 0.4) is 0 Å². The molecular weight excluding hydrogens is 634 g/mol. The van der Waals surface area contributed by atoms with Crippen molar-refractivity contribution in [2.24, 2.45) is 0 Å². The van der Waals surface area contributed by atoms with Crippen LogP contribution >= 0.6 is 0 Å². The number of hydrogen-bond acceptors (Lipinski definition) is 14. The minimum Gasteiger partial charge on any atom is -0.491 e. The summed E-state index contributed by atoms with van der Waals surface area (Å²) in [5.41, 5.74) is 0.728. The molecule has 0 aromatic heterocycles. The third-order valence-electron chi connectivity index (χ3n) is 5.78. The lowest BCUT2D eigenvalue weighted by atomic mass is 10.3. The Bertz CT molecular complexity index is 861. The van der Waals surface area contributed by atoms with Crippen molar-refractivity contribution in [2.75, 3.05) is 151 Å². The minimum absolute atomic E-state index is 0.111. The van der Waals surface area contributed by atoms with Crippen molar-refractivity contribution >= 4 is 17.6 Å². The van der Waals surface area contributed by atoms with Crippen LogP contribution in [0.15, 0.2) is 24.3 Å². The van der Waals surface area contributed by atoms with Crippen LogP contribution < -0.4 is 10.1 Å². The number of hydrogen-bond donors (Lipinski definition) is 1. The van der Waals surface area contributed by atoms with E-state index < -0.39 is 0 Å². The molecule has 0 atom stereocenters. The summed E-state index contributed by atoms with van der Waals surface area (Å²) in [6.07, 6.45) is 0.252. The Morgan fingerprint density at radius 3 is 1.10 bits per heavy atom. The summed E-state index contributed by atoms with van der Waals surface area (Å²) in [6.45, 7) is 13.4. The average molecular weight is 692 g/mol. The smallest absolute Gasteiger partial charge is 0.308 e. The molecule has 1 N–H and O–H groups in total. The first-order valence-corrected chi connectivity index (χ1v) is 16.5. The molecular formula is C33H57NO14. The van der Waals surface area contributed by atoms with Gasteiger partial charge in [-0.15, -0.1) is 0 Å². The predicted octanol–water partition coefficient (Wildman–Crippen LogP) is 2.14. The predicted molar refractivity (Wildman–Crippen MR) is 176 cm³/mol. The summed E-state index contributed by atoms with van der Waals surface area (Å²) < 4.78 is 64.8. The Morgan fingerprint density at radius 2 is 0.792 bits per heavy atom. The van der Waals surface area contributed by atoms with E-state index in [2.05, 4.69) is 5.32 Å². The first-order valence-electron chi connectivity index (χ1n) is 16.5. The Hall–Kier alpha value is -2.44. The number of esters is 1. The topological polar surface area (TPSA) is 157 Å². The van der Waals surface area contributed by atoms with Crippen LogP contribution in [0.1, 0.15) is 20.3 Å². The molecule has 1 rings (SSSR count). The van der Waals surface area contributed by atoms with E-state index in [9.17, 15) is 9.59 Å². The number of carbonyl (C=O) groups is 2. The van der Waals surface area contributed by atoms with E-state index in [-0.39, 0.29) is 18.3 Å². The number of amides is 1.